The van der Waals surface area contributed by atoms with Crippen LogP contribution < -0.4 is 5.73 Å². The van der Waals surface area contributed by atoms with Crippen LogP contribution in [-0.4, -0.2) is 48.4 Å². The molecule has 112 valence electrons. The first-order chi connectivity index (χ1) is 9.41. The summed E-state index contributed by atoms with van der Waals surface area (Å²) in [7, 11) is 3.61. The molecule has 0 bridgehead atoms. The lowest BCUT2D eigenvalue weighted by Crippen LogP contribution is -2.48. The van der Waals surface area contributed by atoms with Gasteiger partial charge in [0, 0.05) is 25.0 Å². The van der Waals surface area contributed by atoms with Gasteiger partial charge in [0.1, 0.15) is 0 Å². The van der Waals surface area contributed by atoms with Gasteiger partial charge in [-0.3, -0.25) is 9.69 Å². The van der Waals surface area contributed by atoms with Crippen molar-refractivity contribution in [3.8, 4) is 0 Å². The molecule has 3 atom stereocenters. The topological polar surface area (TPSA) is 49.6 Å². The number of likely N-dealkylation sites (N-methyl/N-ethyl adjacent to an activating group) is 1. The largest absolute Gasteiger partial charge is 0.347 e. The zero-order chi connectivity index (χ0) is 14.9. The number of thiophene rings is 1. The monoisotopic (exact) mass is 315 g/mol. The lowest BCUT2D eigenvalue weighted by Gasteiger charge is -2.35. The molecule has 3 unspecified atom stereocenters. The normalized spacial score (nSPS) is 22.8. The van der Waals surface area contributed by atoms with Crippen molar-refractivity contribution in [1.29, 1.82) is 0 Å². The first-order valence-corrected chi connectivity index (χ1v) is 8.09. The van der Waals surface area contributed by atoms with Gasteiger partial charge in [-0.2, -0.15) is 0 Å². The van der Waals surface area contributed by atoms with E-state index in [0.717, 1.165) is 28.6 Å². The van der Waals surface area contributed by atoms with E-state index in [4.69, 9.17) is 17.3 Å². The molecule has 1 aliphatic heterocycles. The van der Waals surface area contributed by atoms with Gasteiger partial charge in [0.15, 0.2) is 0 Å². The number of hydrogen-bond donors (Lipinski definition) is 1. The lowest BCUT2D eigenvalue weighted by atomic mass is 10.1. The van der Waals surface area contributed by atoms with E-state index in [1.807, 2.05) is 33.2 Å². The van der Waals surface area contributed by atoms with Gasteiger partial charge in [-0.25, -0.2) is 0 Å². The first kappa shape index (κ1) is 15.8. The minimum atomic E-state index is -0.0677. The predicted octanol–water partition coefficient (Wildman–Crippen LogP) is 2.34. The Balaban J connectivity index is 2.27. The van der Waals surface area contributed by atoms with E-state index in [2.05, 4.69) is 4.90 Å². The SMILES string of the molecule is CC(N)C(c1ccc(Cl)s1)N1CCCC1C(=O)N(C)C. The maximum Gasteiger partial charge on any atom is 0.239 e. The van der Waals surface area contributed by atoms with Crippen molar-refractivity contribution in [2.45, 2.75) is 37.9 Å². The highest BCUT2D eigenvalue weighted by Crippen LogP contribution is 2.36. The lowest BCUT2D eigenvalue weighted by molar-refractivity contribution is -0.134. The third kappa shape index (κ3) is 3.17. The molecule has 2 heterocycles. The van der Waals surface area contributed by atoms with E-state index in [-0.39, 0.29) is 24.0 Å². The fourth-order valence-electron chi connectivity index (χ4n) is 2.90. The van der Waals surface area contributed by atoms with Crippen molar-refractivity contribution in [3.05, 3.63) is 21.3 Å². The second-order valence-corrected chi connectivity index (χ2v) is 7.32. The van der Waals surface area contributed by atoms with Crippen LogP contribution in [0, 0.1) is 0 Å². The summed E-state index contributed by atoms with van der Waals surface area (Å²) in [5.74, 6) is 0.163. The van der Waals surface area contributed by atoms with Crippen molar-refractivity contribution in [2.24, 2.45) is 5.73 Å². The van der Waals surface area contributed by atoms with Gasteiger partial charge in [0.25, 0.3) is 0 Å². The zero-order valence-corrected chi connectivity index (χ0v) is 13.7. The van der Waals surface area contributed by atoms with Gasteiger partial charge in [-0.1, -0.05) is 11.6 Å². The molecule has 4 nitrogen and oxygen atoms in total. The molecular formula is C14H22ClN3OS. The second kappa shape index (κ2) is 6.43. The summed E-state index contributed by atoms with van der Waals surface area (Å²) in [6.07, 6.45) is 1.94. The van der Waals surface area contributed by atoms with Gasteiger partial charge >= 0.3 is 0 Å². The highest BCUT2D eigenvalue weighted by atomic mass is 35.5. The maximum absolute atomic E-state index is 12.3. The highest BCUT2D eigenvalue weighted by molar-refractivity contribution is 7.16. The van der Waals surface area contributed by atoms with Gasteiger partial charge in [0.05, 0.1) is 16.4 Å². The van der Waals surface area contributed by atoms with E-state index in [1.54, 1.807) is 16.2 Å². The Morgan fingerprint density at radius 3 is 2.75 bits per heavy atom. The standard InChI is InChI=1S/C14H22ClN3OS/c1-9(16)13(11-6-7-12(15)20-11)18-8-4-5-10(18)14(19)17(2)3/h6-7,9-10,13H,4-5,8,16H2,1-3H3. The van der Waals surface area contributed by atoms with Crippen LogP contribution >= 0.6 is 22.9 Å². The number of likely N-dealkylation sites (tertiary alicyclic amines) is 1. The molecule has 0 aliphatic carbocycles. The number of carbonyl (C=O) groups is 1. The molecule has 1 aromatic rings. The number of nitrogens with zero attached hydrogens (tertiary/aromatic N) is 2. The summed E-state index contributed by atoms with van der Waals surface area (Å²) in [5.41, 5.74) is 6.19. The third-order valence-electron chi connectivity index (χ3n) is 3.76. The van der Waals surface area contributed by atoms with Crippen LogP contribution in [-0.2, 0) is 4.79 Å². The number of halogens is 1. The summed E-state index contributed by atoms with van der Waals surface area (Å²) in [6, 6.07) is 3.87. The van der Waals surface area contributed by atoms with E-state index in [9.17, 15) is 4.79 Å². The molecule has 1 aromatic heterocycles. The van der Waals surface area contributed by atoms with Gasteiger partial charge in [-0.15, -0.1) is 11.3 Å². The van der Waals surface area contributed by atoms with Crippen molar-refractivity contribution < 1.29 is 4.79 Å². The Bertz CT molecular complexity index is 475. The Morgan fingerprint density at radius 2 is 2.25 bits per heavy atom. The number of carbonyl (C=O) groups excluding carboxylic acids is 1. The average Bonchev–Trinajstić information content (AvgIpc) is 2.98. The van der Waals surface area contributed by atoms with Gasteiger partial charge in [0.2, 0.25) is 5.91 Å². The number of nitrogens with two attached hydrogens (primary N) is 1. The van der Waals surface area contributed by atoms with Crippen molar-refractivity contribution in [1.82, 2.24) is 9.80 Å². The summed E-state index contributed by atoms with van der Waals surface area (Å²) >= 11 is 7.60. The van der Waals surface area contributed by atoms with Crippen LogP contribution in [0.15, 0.2) is 12.1 Å². The fraction of sp³-hybridized carbons (Fsp3) is 0.643. The molecule has 6 heteroatoms. The molecular weight excluding hydrogens is 294 g/mol. The number of rotatable bonds is 4. The van der Waals surface area contributed by atoms with E-state index < -0.39 is 0 Å². The molecule has 1 amide bonds. The molecule has 0 radical (unpaired) electrons. The third-order valence-corrected chi connectivity index (χ3v) is 5.06. The summed E-state index contributed by atoms with van der Waals surface area (Å²) in [4.78, 5) is 17.4. The van der Waals surface area contributed by atoms with Crippen molar-refractivity contribution >= 4 is 28.8 Å². The molecule has 0 aromatic carbocycles. The fourth-order valence-corrected chi connectivity index (χ4v) is 4.20. The number of hydrogen-bond acceptors (Lipinski definition) is 4. The molecule has 2 rings (SSSR count). The second-order valence-electron chi connectivity index (χ2n) is 5.57. The molecule has 0 spiro atoms. The average molecular weight is 316 g/mol. The Morgan fingerprint density at radius 1 is 1.55 bits per heavy atom. The molecule has 1 saturated heterocycles. The predicted molar refractivity (Wildman–Crippen MR) is 84.1 cm³/mol. The Labute approximate surface area is 129 Å². The van der Waals surface area contributed by atoms with Crippen LogP contribution in [0.4, 0.5) is 0 Å². The van der Waals surface area contributed by atoms with Crippen LogP contribution in [0.1, 0.15) is 30.7 Å². The molecule has 20 heavy (non-hydrogen) atoms. The van der Waals surface area contributed by atoms with E-state index in [0.29, 0.717) is 0 Å². The molecule has 0 saturated carbocycles. The van der Waals surface area contributed by atoms with Crippen molar-refractivity contribution in [2.75, 3.05) is 20.6 Å². The van der Waals surface area contributed by atoms with E-state index in [1.165, 1.54) is 0 Å². The smallest absolute Gasteiger partial charge is 0.239 e. The van der Waals surface area contributed by atoms with Crippen LogP contribution in [0.3, 0.4) is 0 Å². The number of amides is 1. The maximum atomic E-state index is 12.3. The summed E-state index contributed by atoms with van der Waals surface area (Å²) in [5, 5.41) is 0. The van der Waals surface area contributed by atoms with Crippen molar-refractivity contribution in [3.63, 3.8) is 0 Å². The van der Waals surface area contributed by atoms with Crippen LogP contribution in [0.25, 0.3) is 0 Å². The van der Waals surface area contributed by atoms with E-state index >= 15 is 0 Å². The Kier molecular flexibility index (Phi) is 5.07. The minimum absolute atomic E-state index is 0.0414. The molecule has 1 aliphatic rings. The first-order valence-electron chi connectivity index (χ1n) is 6.89. The van der Waals surface area contributed by atoms with Crippen LogP contribution in [0.2, 0.25) is 4.34 Å². The molecule has 2 N–H and O–H groups in total. The Hall–Kier alpha value is -0.620. The quantitative estimate of drug-likeness (QED) is 0.928. The van der Waals surface area contributed by atoms with Gasteiger partial charge in [-0.05, 0) is 38.4 Å². The molecule has 1 fully saturated rings. The highest BCUT2D eigenvalue weighted by Gasteiger charge is 2.38. The van der Waals surface area contributed by atoms with Crippen LogP contribution in [0.5, 0.6) is 0 Å². The summed E-state index contributed by atoms with van der Waals surface area (Å²) < 4.78 is 0.764. The van der Waals surface area contributed by atoms with Gasteiger partial charge < -0.3 is 10.6 Å². The zero-order valence-electron chi connectivity index (χ0n) is 12.2. The summed E-state index contributed by atoms with van der Waals surface area (Å²) in [6.45, 7) is 2.90. The minimum Gasteiger partial charge on any atom is -0.347 e.